The smallest absolute Gasteiger partial charge is 0.221 e. The Labute approximate surface area is 167 Å². The van der Waals surface area contributed by atoms with E-state index in [1.165, 1.54) is 6.07 Å². The molecule has 0 aromatic heterocycles. The summed E-state index contributed by atoms with van der Waals surface area (Å²) in [5.41, 5.74) is 1.48. The van der Waals surface area contributed by atoms with Crippen molar-refractivity contribution in [2.45, 2.75) is 46.6 Å². The number of hydrogen-bond donors (Lipinski definition) is 3. The molecule has 25 heavy (non-hydrogen) atoms. The van der Waals surface area contributed by atoms with Crippen molar-refractivity contribution in [3.63, 3.8) is 0 Å². The van der Waals surface area contributed by atoms with E-state index >= 15 is 0 Å². The predicted molar refractivity (Wildman–Crippen MR) is 112 cm³/mol. The number of guanidine groups is 1. The number of aliphatic imine (C=N–C) groups is 1. The predicted octanol–water partition coefficient (Wildman–Crippen LogP) is 3.28. The molecule has 5 nitrogen and oxygen atoms in total. The molecule has 142 valence electrons. The van der Waals surface area contributed by atoms with Crippen LogP contribution < -0.4 is 16.0 Å². The quantitative estimate of drug-likeness (QED) is 0.314. The van der Waals surface area contributed by atoms with Gasteiger partial charge in [0.2, 0.25) is 5.91 Å². The normalized spacial score (nSPS) is 12.1. The van der Waals surface area contributed by atoms with Gasteiger partial charge in [-0.15, -0.1) is 24.0 Å². The molecule has 0 fully saturated rings. The van der Waals surface area contributed by atoms with Crippen molar-refractivity contribution in [2.75, 3.05) is 19.6 Å². The Kier molecular flexibility index (Phi) is 12.2. The zero-order chi connectivity index (χ0) is 17.9. The second kappa shape index (κ2) is 12.9. The number of rotatable bonds is 8. The molecule has 0 heterocycles. The molecule has 1 aromatic rings. The topological polar surface area (TPSA) is 65.5 Å². The Hall–Kier alpha value is -1.38. The molecule has 1 atom stereocenters. The van der Waals surface area contributed by atoms with E-state index < -0.39 is 0 Å². The fourth-order valence-corrected chi connectivity index (χ4v) is 2.11. The number of benzene rings is 1. The van der Waals surface area contributed by atoms with Gasteiger partial charge < -0.3 is 16.0 Å². The maximum Gasteiger partial charge on any atom is 0.221 e. The lowest BCUT2D eigenvalue weighted by Gasteiger charge is -2.18. The second-order valence-corrected chi connectivity index (χ2v) is 5.74. The van der Waals surface area contributed by atoms with Crippen molar-refractivity contribution in [3.05, 3.63) is 35.1 Å². The van der Waals surface area contributed by atoms with Crippen LogP contribution in [0.3, 0.4) is 0 Å². The number of amides is 1. The van der Waals surface area contributed by atoms with Crippen LogP contribution in [0.2, 0.25) is 0 Å². The minimum absolute atomic E-state index is 0. The van der Waals surface area contributed by atoms with Gasteiger partial charge in [-0.05, 0) is 44.4 Å². The number of hydrogen-bond acceptors (Lipinski definition) is 2. The number of nitrogens with one attached hydrogen (secondary N) is 3. The minimum Gasteiger partial charge on any atom is -0.357 e. The zero-order valence-electron chi connectivity index (χ0n) is 15.5. The molecule has 0 aliphatic carbocycles. The average molecular weight is 464 g/mol. The Bertz CT molecular complexity index is 566. The summed E-state index contributed by atoms with van der Waals surface area (Å²) >= 11 is 0. The first kappa shape index (κ1) is 23.6. The van der Waals surface area contributed by atoms with Crippen molar-refractivity contribution in [3.8, 4) is 0 Å². The summed E-state index contributed by atoms with van der Waals surface area (Å²) in [7, 11) is 0. The first-order chi connectivity index (χ1) is 11.5. The Morgan fingerprint density at radius 1 is 1.28 bits per heavy atom. The molecule has 0 saturated carbocycles. The molecule has 1 aromatic carbocycles. The van der Waals surface area contributed by atoms with Crippen LogP contribution >= 0.6 is 24.0 Å². The molecule has 0 spiro atoms. The largest absolute Gasteiger partial charge is 0.357 e. The third-order valence-corrected chi connectivity index (χ3v) is 3.57. The summed E-state index contributed by atoms with van der Waals surface area (Å²) < 4.78 is 13.7. The number of carbonyl (C=O) groups is 1. The van der Waals surface area contributed by atoms with Crippen LogP contribution in [-0.4, -0.2) is 31.5 Å². The van der Waals surface area contributed by atoms with Crippen LogP contribution in [0.5, 0.6) is 0 Å². The highest BCUT2D eigenvalue weighted by atomic mass is 127. The molecule has 1 amide bonds. The molecule has 0 aliphatic heterocycles. The average Bonchev–Trinajstić information content (AvgIpc) is 2.55. The highest BCUT2D eigenvalue weighted by molar-refractivity contribution is 14.0. The highest BCUT2D eigenvalue weighted by Gasteiger charge is 2.10. The van der Waals surface area contributed by atoms with Crippen LogP contribution in [0.15, 0.2) is 23.2 Å². The van der Waals surface area contributed by atoms with Crippen LogP contribution in [0.25, 0.3) is 0 Å². The molecule has 3 N–H and O–H groups in total. The number of aryl methyl sites for hydroxylation is 1. The summed E-state index contributed by atoms with van der Waals surface area (Å²) in [6.07, 6.45) is 1.27. The maximum absolute atomic E-state index is 13.7. The fourth-order valence-electron chi connectivity index (χ4n) is 2.11. The van der Waals surface area contributed by atoms with Gasteiger partial charge in [0.05, 0.1) is 12.6 Å². The lowest BCUT2D eigenvalue weighted by Crippen LogP contribution is -2.39. The fraction of sp³-hybridized carbons (Fsp3) is 0.556. The lowest BCUT2D eigenvalue weighted by atomic mass is 10.1. The van der Waals surface area contributed by atoms with Crippen LogP contribution in [-0.2, 0) is 4.79 Å². The maximum atomic E-state index is 13.7. The molecule has 0 saturated heterocycles. The molecule has 0 aliphatic rings. The van der Waals surface area contributed by atoms with Crippen LogP contribution in [0.1, 0.15) is 50.8 Å². The molecular weight excluding hydrogens is 434 g/mol. The van der Waals surface area contributed by atoms with Crippen molar-refractivity contribution in [1.29, 1.82) is 0 Å². The standard InChI is InChI=1S/C18H29FN4O.HI/c1-5-10-21-17(24)9-11-22-18(20-6-2)23-14(4)15-8-7-13(3)16(19)12-15;/h7-8,12,14H,5-6,9-11H2,1-4H3,(H,21,24)(H2,20,22,23);1H. The first-order valence-corrected chi connectivity index (χ1v) is 8.55. The number of halogens is 2. The molecule has 1 rings (SSSR count). The third kappa shape index (κ3) is 9.04. The van der Waals surface area contributed by atoms with Crippen molar-refractivity contribution in [2.24, 2.45) is 4.99 Å². The lowest BCUT2D eigenvalue weighted by molar-refractivity contribution is -0.120. The van der Waals surface area contributed by atoms with Gasteiger partial charge in [-0.3, -0.25) is 9.79 Å². The van der Waals surface area contributed by atoms with Gasteiger partial charge in [0, 0.05) is 19.5 Å². The summed E-state index contributed by atoms with van der Waals surface area (Å²) in [5.74, 6) is 0.412. The van der Waals surface area contributed by atoms with E-state index in [2.05, 4.69) is 20.9 Å². The SMILES string of the molecule is CCCNC(=O)CCN=C(NCC)NC(C)c1ccc(C)c(F)c1.I. The molecular formula is C18H30FIN4O. The molecule has 7 heteroatoms. The van der Waals surface area contributed by atoms with Gasteiger partial charge in [-0.1, -0.05) is 19.1 Å². The van der Waals surface area contributed by atoms with E-state index in [0.29, 0.717) is 37.6 Å². The molecule has 0 radical (unpaired) electrons. The van der Waals surface area contributed by atoms with Crippen molar-refractivity contribution >= 4 is 35.8 Å². The van der Waals surface area contributed by atoms with Gasteiger partial charge >= 0.3 is 0 Å². The third-order valence-electron chi connectivity index (χ3n) is 3.57. The molecule has 0 bridgehead atoms. The van der Waals surface area contributed by atoms with Crippen LogP contribution in [0, 0.1) is 12.7 Å². The summed E-state index contributed by atoms with van der Waals surface area (Å²) in [5, 5.41) is 9.20. The monoisotopic (exact) mass is 464 g/mol. The van der Waals surface area contributed by atoms with E-state index in [9.17, 15) is 9.18 Å². The van der Waals surface area contributed by atoms with Crippen molar-refractivity contribution < 1.29 is 9.18 Å². The van der Waals surface area contributed by atoms with Gasteiger partial charge in [-0.25, -0.2) is 4.39 Å². The molecule has 1 unspecified atom stereocenters. The Morgan fingerprint density at radius 2 is 2.00 bits per heavy atom. The van der Waals surface area contributed by atoms with Crippen molar-refractivity contribution in [1.82, 2.24) is 16.0 Å². The minimum atomic E-state index is -0.212. The highest BCUT2D eigenvalue weighted by Crippen LogP contribution is 2.16. The van der Waals surface area contributed by atoms with Gasteiger partial charge in [0.1, 0.15) is 5.82 Å². The Balaban J connectivity index is 0.00000576. The number of nitrogens with zero attached hydrogens (tertiary/aromatic N) is 1. The van der Waals surface area contributed by atoms with Gasteiger partial charge in [0.25, 0.3) is 0 Å². The summed E-state index contributed by atoms with van der Waals surface area (Å²) in [6, 6.07) is 5.12. The van der Waals surface area contributed by atoms with E-state index in [4.69, 9.17) is 0 Å². The van der Waals surface area contributed by atoms with Crippen LogP contribution in [0.4, 0.5) is 4.39 Å². The van der Waals surface area contributed by atoms with Gasteiger partial charge in [-0.2, -0.15) is 0 Å². The van der Waals surface area contributed by atoms with E-state index in [1.807, 2.05) is 26.8 Å². The summed E-state index contributed by atoms with van der Waals surface area (Å²) in [6.45, 7) is 9.49. The van der Waals surface area contributed by atoms with E-state index in [1.54, 1.807) is 13.0 Å². The number of carbonyl (C=O) groups excluding carboxylic acids is 1. The second-order valence-electron chi connectivity index (χ2n) is 5.74. The summed E-state index contributed by atoms with van der Waals surface area (Å²) in [4.78, 5) is 16.0. The van der Waals surface area contributed by atoms with E-state index in [-0.39, 0.29) is 41.7 Å². The zero-order valence-corrected chi connectivity index (χ0v) is 17.8. The Morgan fingerprint density at radius 3 is 2.60 bits per heavy atom. The van der Waals surface area contributed by atoms with Gasteiger partial charge in [0.15, 0.2) is 5.96 Å². The van der Waals surface area contributed by atoms with E-state index in [0.717, 1.165) is 12.0 Å². The first-order valence-electron chi connectivity index (χ1n) is 8.55.